The van der Waals surface area contributed by atoms with E-state index < -0.39 is 0 Å². The van der Waals surface area contributed by atoms with Gasteiger partial charge in [-0.15, -0.1) is 0 Å². The zero-order chi connectivity index (χ0) is 17.8. The molecular formula is C18H22FN5O. The van der Waals surface area contributed by atoms with Crippen molar-refractivity contribution in [1.82, 2.24) is 19.9 Å². The molecule has 1 atom stereocenters. The molecule has 6 nitrogen and oxygen atoms in total. The average Bonchev–Trinajstić information content (AvgIpc) is 3.01. The van der Waals surface area contributed by atoms with Crippen molar-refractivity contribution in [1.29, 1.82) is 5.26 Å². The van der Waals surface area contributed by atoms with Crippen molar-refractivity contribution in [2.75, 3.05) is 20.1 Å². The van der Waals surface area contributed by atoms with Gasteiger partial charge in [0, 0.05) is 26.1 Å². The Kier molecular flexibility index (Phi) is 5.41. The second kappa shape index (κ2) is 7.72. The second-order valence-electron chi connectivity index (χ2n) is 6.59. The summed E-state index contributed by atoms with van der Waals surface area (Å²) in [4.78, 5) is 8.83. The van der Waals surface area contributed by atoms with Crippen LogP contribution in [0.2, 0.25) is 0 Å². The minimum atomic E-state index is -0.373. The molecule has 1 saturated heterocycles. The van der Waals surface area contributed by atoms with Crippen LogP contribution in [0.1, 0.15) is 35.7 Å². The summed E-state index contributed by atoms with van der Waals surface area (Å²) in [6.45, 7) is 5.02. The van der Waals surface area contributed by atoms with Crippen molar-refractivity contribution in [3.05, 3.63) is 46.9 Å². The number of hydrogen-bond donors (Lipinski definition) is 0. The molecule has 1 aliphatic heterocycles. The number of hydrogen-bond acceptors (Lipinski definition) is 6. The van der Waals surface area contributed by atoms with E-state index in [9.17, 15) is 9.65 Å². The highest BCUT2D eigenvalue weighted by Gasteiger charge is 2.24. The lowest BCUT2D eigenvalue weighted by Crippen LogP contribution is -2.46. The van der Waals surface area contributed by atoms with E-state index in [0.717, 1.165) is 31.5 Å². The van der Waals surface area contributed by atoms with Gasteiger partial charge in [0.05, 0.1) is 18.2 Å². The van der Waals surface area contributed by atoms with E-state index in [2.05, 4.69) is 33.1 Å². The van der Waals surface area contributed by atoms with Gasteiger partial charge >= 0.3 is 0 Å². The first-order valence-corrected chi connectivity index (χ1v) is 8.45. The van der Waals surface area contributed by atoms with Crippen LogP contribution in [0, 0.1) is 24.1 Å². The molecule has 7 heteroatoms. The molecule has 0 aliphatic carbocycles. The van der Waals surface area contributed by atoms with Crippen molar-refractivity contribution in [3.8, 4) is 6.07 Å². The zero-order valence-electron chi connectivity index (χ0n) is 14.6. The van der Waals surface area contributed by atoms with Gasteiger partial charge < -0.3 is 4.52 Å². The third kappa shape index (κ3) is 4.41. The first kappa shape index (κ1) is 17.5. The normalized spacial score (nSPS) is 18.4. The van der Waals surface area contributed by atoms with Crippen molar-refractivity contribution in [3.63, 3.8) is 0 Å². The van der Waals surface area contributed by atoms with Crippen LogP contribution in [0.5, 0.6) is 0 Å². The molecule has 2 aromatic rings. The minimum absolute atomic E-state index is 0.373. The molecule has 0 spiro atoms. The van der Waals surface area contributed by atoms with Gasteiger partial charge in [0.15, 0.2) is 5.82 Å². The largest absolute Gasteiger partial charge is 0.340 e. The standard InChI is InChI=1S/C18H22FN5O/c1-13-21-18(22-25-13)12-24-7-3-4-17(11-24)23(2)10-14-5-6-16(19)8-15(14)9-20/h5-6,8,17H,3-4,7,10-12H2,1-2H3/t17-/m0/s1. The molecule has 132 valence electrons. The lowest BCUT2D eigenvalue weighted by molar-refractivity contribution is 0.105. The Hall–Kier alpha value is -2.30. The summed E-state index contributed by atoms with van der Waals surface area (Å²) in [5, 5.41) is 13.2. The molecule has 1 aliphatic rings. The SMILES string of the molecule is Cc1nc(CN2CCC[C@H](N(C)Cc3ccc(F)cc3C#N)C2)no1. The van der Waals surface area contributed by atoms with Crippen LogP contribution < -0.4 is 0 Å². The topological polar surface area (TPSA) is 69.2 Å². The number of aryl methyl sites for hydroxylation is 1. The molecule has 25 heavy (non-hydrogen) atoms. The molecule has 0 radical (unpaired) electrons. The monoisotopic (exact) mass is 343 g/mol. The first-order valence-electron chi connectivity index (χ1n) is 8.45. The van der Waals surface area contributed by atoms with E-state index in [4.69, 9.17) is 4.52 Å². The Morgan fingerprint density at radius 2 is 2.32 bits per heavy atom. The van der Waals surface area contributed by atoms with E-state index in [-0.39, 0.29) is 5.82 Å². The van der Waals surface area contributed by atoms with Crippen molar-refractivity contribution in [2.24, 2.45) is 0 Å². The van der Waals surface area contributed by atoms with E-state index in [1.165, 1.54) is 12.1 Å². The third-order valence-electron chi connectivity index (χ3n) is 4.65. The summed E-state index contributed by atoms with van der Waals surface area (Å²) >= 11 is 0. The Morgan fingerprint density at radius 1 is 1.48 bits per heavy atom. The van der Waals surface area contributed by atoms with Gasteiger partial charge in [0.1, 0.15) is 5.82 Å². The Morgan fingerprint density at radius 3 is 3.04 bits per heavy atom. The Balaban J connectivity index is 1.62. The summed E-state index contributed by atoms with van der Waals surface area (Å²) in [7, 11) is 2.05. The van der Waals surface area contributed by atoms with Crippen LogP contribution in [0.25, 0.3) is 0 Å². The molecule has 0 N–H and O–H groups in total. The van der Waals surface area contributed by atoms with Gasteiger partial charge in [-0.3, -0.25) is 9.80 Å². The fourth-order valence-corrected chi connectivity index (χ4v) is 3.33. The summed E-state index contributed by atoms with van der Waals surface area (Å²) in [5.41, 5.74) is 1.26. The third-order valence-corrected chi connectivity index (χ3v) is 4.65. The first-order chi connectivity index (χ1) is 12.0. The predicted molar refractivity (Wildman–Crippen MR) is 89.9 cm³/mol. The predicted octanol–water partition coefficient (Wildman–Crippen LogP) is 2.49. The average molecular weight is 343 g/mol. The molecule has 1 fully saturated rings. The van der Waals surface area contributed by atoms with E-state index >= 15 is 0 Å². The second-order valence-corrected chi connectivity index (χ2v) is 6.59. The van der Waals surface area contributed by atoms with Gasteiger partial charge in [-0.25, -0.2) is 4.39 Å². The van der Waals surface area contributed by atoms with Crippen molar-refractivity contribution >= 4 is 0 Å². The molecule has 0 amide bonds. The van der Waals surface area contributed by atoms with Crippen LogP contribution in [-0.4, -0.2) is 46.1 Å². The highest BCUT2D eigenvalue weighted by Crippen LogP contribution is 2.20. The number of piperidine rings is 1. The summed E-state index contributed by atoms with van der Waals surface area (Å²) in [6.07, 6.45) is 2.20. The number of halogens is 1. The van der Waals surface area contributed by atoms with E-state index in [0.29, 0.717) is 36.4 Å². The van der Waals surface area contributed by atoms with E-state index in [1.54, 1.807) is 13.0 Å². The number of aromatic nitrogens is 2. The maximum absolute atomic E-state index is 13.3. The Labute approximate surface area is 146 Å². The van der Waals surface area contributed by atoms with Gasteiger partial charge in [-0.1, -0.05) is 11.2 Å². The van der Waals surface area contributed by atoms with Crippen molar-refractivity contribution < 1.29 is 8.91 Å². The zero-order valence-corrected chi connectivity index (χ0v) is 14.6. The minimum Gasteiger partial charge on any atom is -0.340 e. The number of nitriles is 1. The number of likely N-dealkylation sites (tertiary alicyclic amines) is 1. The number of benzene rings is 1. The molecular weight excluding hydrogens is 321 g/mol. The molecule has 3 rings (SSSR count). The number of rotatable bonds is 5. The maximum Gasteiger partial charge on any atom is 0.223 e. The number of likely N-dealkylation sites (N-methyl/N-ethyl adjacent to an activating group) is 1. The number of nitrogens with zero attached hydrogens (tertiary/aromatic N) is 5. The molecule has 2 heterocycles. The fraction of sp³-hybridized carbons (Fsp3) is 0.500. The van der Waals surface area contributed by atoms with Gasteiger partial charge in [-0.05, 0) is 44.1 Å². The molecule has 0 bridgehead atoms. The quantitative estimate of drug-likeness (QED) is 0.831. The lowest BCUT2D eigenvalue weighted by Gasteiger charge is -2.37. The van der Waals surface area contributed by atoms with Crippen LogP contribution >= 0.6 is 0 Å². The van der Waals surface area contributed by atoms with Crippen molar-refractivity contribution in [2.45, 2.75) is 38.9 Å². The van der Waals surface area contributed by atoms with Gasteiger partial charge in [0.2, 0.25) is 5.89 Å². The maximum atomic E-state index is 13.3. The molecule has 1 aromatic carbocycles. The van der Waals surface area contributed by atoms with Crippen LogP contribution in [-0.2, 0) is 13.1 Å². The summed E-state index contributed by atoms with van der Waals surface area (Å²) < 4.78 is 18.3. The van der Waals surface area contributed by atoms with Gasteiger partial charge in [-0.2, -0.15) is 10.2 Å². The van der Waals surface area contributed by atoms with Gasteiger partial charge in [0.25, 0.3) is 0 Å². The lowest BCUT2D eigenvalue weighted by atomic mass is 10.0. The molecule has 0 saturated carbocycles. The van der Waals surface area contributed by atoms with Crippen LogP contribution in [0.3, 0.4) is 0 Å². The summed E-state index contributed by atoms with van der Waals surface area (Å²) in [5.74, 6) is 0.925. The highest BCUT2D eigenvalue weighted by molar-refractivity contribution is 5.37. The van der Waals surface area contributed by atoms with Crippen LogP contribution in [0.4, 0.5) is 4.39 Å². The Bertz CT molecular complexity index is 769. The smallest absolute Gasteiger partial charge is 0.223 e. The van der Waals surface area contributed by atoms with Crippen LogP contribution in [0.15, 0.2) is 22.7 Å². The molecule has 1 aromatic heterocycles. The van der Waals surface area contributed by atoms with E-state index in [1.807, 2.05) is 0 Å². The summed E-state index contributed by atoms with van der Waals surface area (Å²) in [6, 6.07) is 6.87. The fourth-order valence-electron chi connectivity index (χ4n) is 3.33. The highest BCUT2D eigenvalue weighted by atomic mass is 19.1. The molecule has 0 unspecified atom stereocenters.